The summed E-state index contributed by atoms with van der Waals surface area (Å²) in [5, 5.41) is 9.91. The Morgan fingerprint density at radius 2 is 1.79 bits per heavy atom. The summed E-state index contributed by atoms with van der Waals surface area (Å²) in [5.41, 5.74) is 0. The van der Waals surface area contributed by atoms with Crippen molar-refractivity contribution in [2.45, 2.75) is 40.2 Å². The van der Waals surface area contributed by atoms with E-state index < -0.39 is 0 Å². The first-order valence-electron chi connectivity index (χ1n) is 5.95. The van der Waals surface area contributed by atoms with Gasteiger partial charge in [-0.15, -0.1) is 0 Å². The smallest absolute Gasteiger partial charge is 0.0692 e. The van der Waals surface area contributed by atoms with Gasteiger partial charge < -0.3 is 10.0 Å². The Labute approximate surface area is 88.3 Å². The normalized spacial score (nSPS) is 33.2. The average Bonchev–Trinajstić information content (AvgIpc) is 2.44. The zero-order valence-electron chi connectivity index (χ0n) is 10.0. The van der Waals surface area contributed by atoms with Crippen LogP contribution < -0.4 is 0 Å². The Hall–Kier alpha value is -0.0800. The van der Waals surface area contributed by atoms with Crippen molar-refractivity contribution >= 4 is 0 Å². The van der Waals surface area contributed by atoms with Gasteiger partial charge in [-0.1, -0.05) is 34.1 Å². The second-order valence-corrected chi connectivity index (χ2v) is 5.13. The molecule has 1 N–H and O–H groups in total. The highest BCUT2D eigenvalue weighted by atomic mass is 16.3. The van der Waals surface area contributed by atoms with Crippen LogP contribution in [0.5, 0.6) is 0 Å². The van der Waals surface area contributed by atoms with Crippen LogP contribution in [0.25, 0.3) is 0 Å². The first-order chi connectivity index (χ1) is 6.54. The standard InChI is InChI=1S/C12H25NO/c1-5-9(2)12(14)8-13-6-10(3)11(4)7-13/h9-12,14H,5-8H2,1-4H3. The van der Waals surface area contributed by atoms with Crippen molar-refractivity contribution in [2.24, 2.45) is 17.8 Å². The van der Waals surface area contributed by atoms with E-state index in [1.165, 1.54) is 0 Å². The van der Waals surface area contributed by atoms with Crippen molar-refractivity contribution in [2.75, 3.05) is 19.6 Å². The fourth-order valence-corrected chi connectivity index (χ4v) is 2.11. The maximum atomic E-state index is 9.91. The molecule has 4 unspecified atom stereocenters. The van der Waals surface area contributed by atoms with Crippen LogP contribution in [-0.2, 0) is 0 Å². The van der Waals surface area contributed by atoms with Crippen molar-refractivity contribution in [3.05, 3.63) is 0 Å². The number of aliphatic hydroxyl groups is 1. The van der Waals surface area contributed by atoms with E-state index in [1.54, 1.807) is 0 Å². The first-order valence-corrected chi connectivity index (χ1v) is 5.95. The summed E-state index contributed by atoms with van der Waals surface area (Å²) in [6.07, 6.45) is 0.928. The topological polar surface area (TPSA) is 23.5 Å². The van der Waals surface area contributed by atoms with Gasteiger partial charge in [-0.2, -0.15) is 0 Å². The summed E-state index contributed by atoms with van der Waals surface area (Å²) >= 11 is 0. The van der Waals surface area contributed by atoms with Crippen LogP contribution in [-0.4, -0.2) is 35.7 Å². The molecule has 0 aromatic rings. The molecular formula is C12H25NO. The first kappa shape index (κ1) is 12.0. The highest BCUT2D eigenvalue weighted by molar-refractivity contribution is 4.80. The van der Waals surface area contributed by atoms with Crippen molar-refractivity contribution in [3.8, 4) is 0 Å². The zero-order valence-corrected chi connectivity index (χ0v) is 10.0. The summed E-state index contributed by atoms with van der Waals surface area (Å²) < 4.78 is 0. The van der Waals surface area contributed by atoms with Crippen LogP contribution in [0.15, 0.2) is 0 Å². The van der Waals surface area contributed by atoms with E-state index in [0.717, 1.165) is 37.9 Å². The van der Waals surface area contributed by atoms with Crippen LogP contribution in [0.1, 0.15) is 34.1 Å². The van der Waals surface area contributed by atoms with Crippen molar-refractivity contribution in [1.82, 2.24) is 4.90 Å². The molecule has 0 spiro atoms. The lowest BCUT2D eigenvalue weighted by atomic mass is 10.0. The predicted octanol–water partition coefficient (Wildman–Crippen LogP) is 1.98. The van der Waals surface area contributed by atoms with Gasteiger partial charge in [0.05, 0.1) is 6.10 Å². The van der Waals surface area contributed by atoms with Gasteiger partial charge in [0, 0.05) is 19.6 Å². The SMILES string of the molecule is CCC(C)C(O)CN1CC(C)C(C)C1. The van der Waals surface area contributed by atoms with Crippen molar-refractivity contribution < 1.29 is 5.11 Å². The molecule has 1 fully saturated rings. The third-order valence-corrected chi connectivity index (χ3v) is 3.81. The fourth-order valence-electron chi connectivity index (χ4n) is 2.11. The predicted molar refractivity (Wildman–Crippen MR) is 60.2 cm³/mol. The van der Waals surface area contributed by atoms with Crippen LogP contribution in [0, 0.1) is 17.8 Å². The van der Waals surface area contributed by atoms with Crippen LogP contribution in [0.4, 0.5) is 0 Å². The summed E-state index contributed by atoms with van der Waals surface area (Å²) in [6, 6.07) is 0. The molecule has 0 bridgehead atoms. The maximum absolute atomic E-state index is 9.91. The number of likely N-dealkylation sites (tertiary alicyclic amines) is 1. The van der Waals surface area contributed by atoms with Crippen LogP contribution in [0.3, 0.4) is 0 Å². The molecule has 14 heavy (non-hydrogen) atoms. The van der Waals surface area contributed by atoms with Crippen LogP contribution in [0.2, 0.25) is 0 Å². The maximum Gasteiger partial charge on any atom is 0.0692 e. The third kappa shape index (κ3) is 2.96. The Bertz CT molecular complexity index is 162. The molecule has 4 atom stereocenters. The third-order valence-electron chi connectivity index (χ3n) is 3.81. The average molecular weight is 199 g/mol. The van der Waals surface area contributed by atoms with Gasteiger partial charge in [0.1, 0.15) is 0 Å². The largest absolute Gasteiger partial charge is 0.392 e. The summed E-state index contributed by atoms with van der Waals surface area (Å²) in [5.74, 6) is 2.01. The van der Waals surface area contributed by atoms with Crippen molar-refractivity contribution in [1.29, 1.82) is 0 Å². The van der Waals surface area contributed by atoms with E-state index in [0.29, 0.717) is 5.92 Å². The van der Waals surface area contributed by atoms with Gasteiger partial charge in [0.2, 0.25) is 0 Å². The lowest BCUT2D eigenvalue weighted by molar-refractivity contribution is 0.0753. The minimum atomic E-state index is -0.141. The molecule has 0 saturated carbocycles. The van der Waals surface area contributed by atoms with Gasteiger partial charge in [-0.25, -0.2) is 0 Å². The molecule has 0 amide bonds. The number of nitrogens with zero attached hydrogens (tertiary/aromatic N) is 1. The monoisotopic (exact) mass is 199 g/mol. The Morgan fingerprint density at radius 3 is 2.21 bits per heavy atom. The summed E-state index contributed by atoms with van der Waals surface area (Å²) in [7, 11) is 0. The number of rotatable bonds is 4. The molecule has 1 heterocycles. The van der Waals surface area contributed by atoms with Crippen molar-refractivity contribution in [3.63, 3.8) is 0 Å². The molecule has 1 saturated heterocycles. The highest BCUT2D eigenvalue weighted by Crippen LogP contribution is 2.23. The van der Waals surface area contributed by atoms with Gasteiger partial charge in [-0.05, 0) is 17.8 Å². The van der Waals surface area contributed by atoms with Gasteiger partial charge in [0.25, 0.3) is 0 Å². The molecule has 0 aromatic heterocycles. The molecule has 2 nitrogen and oxygen atoms in total. The lowest BCUT2D eigenvalue weighted by Crippen LogP contribution is -2.34. The Kier molecular flexibility index (Phi) is 4.39. The molecular weight excluding hydrogens is 174 g/mol. The van der Waals surface area contributed by atoms with E-state index >= 15 is 0 Å². The fraction of sp³-hybridized carbons (Fsp3) is 1.00. The minimum Gasteiger partial charge on any atom is -0.392 e. The van der Waals surface area contributed by atoms with E-state index in [4.69, 9.17) is 0 Å². The second-order valence-electron chi connectivity index (χ2n) is 5.13. The Morgan fingerprint density at radius 1 is 1.29 bits per heavy atom. The van der Waals surface area contributed by atoms with Gasteiger partial charge in [0.15, 0.2) is 0 Å². The quantitative estimate of drug-likeness (QED) is 0.748. The molecule has 0 aliphatic carbocycles. The lowest BCUT2D eigenvalue weighted by Gasteiger charge is -2.23. The molecule has 2 heteroatoms. The molecule has 1 aliphatic heterocycles. The van der Waals surface area contributed by atoms with Gasteiger partial charge >= 0.3 is 0 Å². The molecule has 1 rings (SSSR count). The highest BCUT2D eigenvalue weighted by Gasteiger charge is 2.28. The number of hydrogen-bond acceptors (Lipinski definition) is 2. The molecule has 84 valence electrons. The number of aliphatic hydroxyl groups excluding tert-OH is 1. The summed E-state index contributed by atoms with van der Waals surface area (Å²) in [4.78, 5) is 2.41. The van der Waals surface area contributed by atoms with E-state index in [-0.39, 0.29) is 6.10 Å². The second kappa shape index (κ2) is 5.13. The number of β-amino-alcohol motifs (C(OH)–C–C–N with tert-alkyl or cyclic N) is 1. The Balaban J connectivity index is 2.31. The van der Waals surface area contributed by atoms with E-state index in [9.17, 15) is 5.11 Å². The summed E-state index contributed by atoms with van der Waals surface area (Å²) in [6.45, 7) is 12.1. The molecule has 0 radical (unpaired) electrons. The minimum absolute atomic E-state index is 0.141. The zero-order chi connectivity index (χ0) is 10.7. The van der Waals surface area contributed by atoms with Crippen LogP contribution >= 0.6 is 0 Å². The molecule has 1 aliphatic rings. The number of hydrogen-bond donors (Lipinski definition) is 1. The van der Waals surface area contributed by atoms with E-state index in [2.05, 4.69) is 32.6 Å². The molecule has 0 aromatic carbocycles. The van der Waals surface area contributed by atoms with E-state index in [1.807, 2.05) is 0 Å². The van der Waals surface area contributed by atoms with Gasteiger partial charge in [-0.3, -0.25) is 0 Å².